The molecule has 3 rings (SSSR count). The number of sulfone groups is 1. The Morgan fingerprint density at radius 3 is 2.77 bits per heavy atom. The second-order valence-corrected chi connectivity index (χ2v) is 9.03. The van der Waals surface area contributed by atoms with Crippen molar-refractivity contribution < 1.29 is 13.2 Å². The van der Waals surface area contributed by atoms with Gasteiger partial charge in [0.25, 0.3) is 0 Å². The van der Waals surface area contributed by atoms with Gasteiger partial charge in [0.05, 0.1) is 23.7 Å². The minimum absolute atomic E-state index is 0.141. The lowest BCUT2D eigenvalue weighted by molar-refractivity contribution is 0.0281. The molecule has 22 heavy (non-hydrogen) atoms. The predicted octanol–water partition coefficient (Wildman–Crippen LogP) is 0.754. The number of ether oxygens (including phenoxy) is 1. The highest BCUT2D eigenvalue weighted by molar-refractivity contribution is 7.93. The summed E-state index contributed by atoms with van der Waals surface area (Å²) in [6.07, 6.45) is 0.737. The van der Waals surface area contributed by atoms with Crippen LogP contribution in [0.25, 0.3) is 0 Å². The second-order valence-electron chi connectivity index (χ2n) is 6.57. The van der Waals surface area contributed by atoms with E-state index >= 15 is 0 Å². The topological polar surface area (TPSA) is 64.4 Å². The van der Waals surface area contributed by atoms with Crippen LogP contribution in [0.15, 0.2) is 6.07 Å². The molecule has 2 fully saturated rings. The molecule has 1 spiro atoms. The van der Waals surface area contributed by atoms with Gasteiger partial charge >= 0.3 is 0 Å². The van der Waals surface area contributed by atoms with E-state index in [0.29, 0.717) is 32.1 Å². The Balaban J connectivity index is 1.69. The molecular weight excluding hydrogens is 302 g/mol. The summed E-state index contributed by atoms with van der Waals surface area (Å²) in [5.74, 6) is 0.450. The summed E-state index contributed by atoms with van der Waals surface area (Å²) in [5.41, 5.74) is 2.12. The molecule has 1 aromatic heterocycles. The van der Waals surface area contributed by atoms with Crippen LogP contribution in [0.2, 0.25) is 0 Å². The minimum atomic E-state index is -3.00. The van der Waals surface area contributed by atoms with E-state index in [1.165, 1.54) is 0 Å². The van der Waals surface area contributed by atoms with Crippen molar-refractivity contribution in [2.24, 2.45) is 13.0 Å². The predicted molar refractivity (Wildman–Crippen MR) is 84.3 cm³/mol. The summed E-state index contributed by atoms with van der Waals surface area (Å²) in [6.45, 7) is 7.14. The maximum absolute atomic E-state index is 12.5. The molecule has 2 aliphatic rings. The highest BCUT2D eigenvalue weighted by atomic mass is 32.2. The molecule has 3 heterocycles. The standard InChI is InChI=1S/C15H25N3O3S/c1-4-21-9-13-5-6-22(19,20)15(13)10-18(11-15)8-14-7-12(2)16-17(14)3/h7,13H,4-6,8-11H2,1-3H3/t13-/m1/s1. The number of aromatic nitrogens is 2. The fraction of sp³-hybridized carbons (Fsp3) is 0.800. The third-order valence-electron chi connectivity index (χ3n) is 5.09. The molecule has 0 aromatic carbocycles. The van der Waals surface area contributed by atoms with Crippen LogP contribution in [0.1, 0.15) is 24.7 Å². The molecule has 6 nitrogen and oxygen atoms in total. The summed E-state index contributed by atoms with van der Waals surface area (Å²) in [5, 5.41) is 4.35. The minimum Gasteiger partial charge on any atom is -0.381 e. The van der Waals surface area contributed by atoms with Crippen LogP contribution in [0.3, 0.4) is 0 Å². The third-order valence-corrected chi connectivity index (χ3v) is 7.69. The Bertz CT molecular complexity index is 647. The zero-order valence-corrected chi connectivity index (χ0v) is 14.4. The van der Waals surface area contributed by atoms with E-state index in [1.54, 1.807) is 0 Å². The third kappa shape index (κ3) is 2.49. The van der Waals surface area contributed by atoms with E-state index in [4.69, 9.17) is 4.74 Å². The zero-order chi connectivity index (χ0) is 16.0. The van der Waals surface area contributed by atoms with Gasteiger partial charge in [-0.1, -0.05) is 0 Å². The zero-order valence-electron chi connectivity index (χ0n) is 13.6. The number of aryl methyl sites for hydroxylation is 2. The lowest BCUT2D eigenvalue weighted by Crippen LogP contribution is -2.67. The van der Waals surface area contributed by atoms with Crippen molar-refractivity contribution in [3.05, 3.63) is 17.5 Å². The first kappa shape index (κ1) is 16.0. The van der Waals surface area contributed by atoms with Crippen molar-refractivity contribution >= 4 is 9.84 Å². The van der Waals surface area contributed by atoms with Crippen molar-refractivity contribution in [1.82, 2.24) is 14.7 Å². The molecule has 1 atom stereocenters. The van der Waals surface area contributed by atoms with Gasteiger partial charge in [0.15, 0.2) is 9.84 Å². The summed E-state index contributed by atoms with van der Waals surface area (Å²) in [4.78, 5) is 2.21. The van der Waals surface area contributed by atoms with E-state index in [9.17, 15) is 8.42 Å². The maximum atomic E-state index is 12.5. The lowest BCUT2D eigenvalue weighted by Gasteiger charge is -2.50. The van der Waals surface area contributed by atoms with Crippen molar-refractivity contribution in [1.29, 1.82) is 0 Å². The molecule has 2 saturated heterocycles. The van der Waals surface area contributed by atoms with Gasteiger partial charge in [-0.25, -0.2) is 8.42 Å². The maximum Gasteiger partial charge on any atom is 0.158 e. The molecule has 0 amide bonds. The van der Waals surface area contributed by atoms with Crippen molar-refractivity contribution in [2.75, 3.05) is 32.1 Å². The molecule has 0 aliphatic carbocycles. The number of hydrogen-bond acceptors (Lipinski definition) is 5. The summed E-state index contributed by atoms with van der Waals surface area (Å²) >= 11 is 0. The summed E-state index contributed by atoms with van der Waals surface area (Å²) in [6, 6.07) is 2.06. The Labute approximate surface area is 132 Å². The molecule has 0 radical (unpaired) electrons. The molecule has 0 saturated carbocycles. The van der Waals surface area contributed by atoms with Crippen LogP contribution in [0.5, 0.6) is 0 Å². The first-order chi connectivity index (χ1) is 10.4. The normalized spacial score (nSPS) is 26.4. The molecular formula is C15H25N3O3S. The van der Waals surface area contributed by atoms with Crippen molar-refractivity contribution in [3.8, 4) is 0 Å². The van der Waals surface area contributed by atoms with Gasteiger partial charge in [-0.15, -0.1) is 0 Å². The molecule has 7 heteroatoms. The van der Waals surface area contributed by atoms with Crippen LogP contribution >= 0.6 is 0 Å². The number of nitrogens with zero attached hydrogens (tertiary/aromatic N) is 3. The Hall–Kier alpha value is -0.920. The van der Waals surface area contributed by atoms with E-state index < -0.39 is 14.6 Å². The van der Waals surface area contributed by atoms with E-state index in [1.807, 2.05) is 25.6 Å². The molecule has 2 aliphatic heterocycles. The van der Waals surface area contributed by atoms with E-state index in [0.717, 1.165) is 24.4 Å². The van der Waals surface area contributed by atoms with Crippen molar-refractivity contribution in [2.45, 2.75) is 31.6 Å². The highest BCUT2D eigenvalue weighted by Gasteiger charge is 2.61. The number of rotatable bonds is 5. The van der Waals surface area contributed by atoms with Gasteiger partial charge < -0.3 is 4.74 Å². The smallest absolute Gasteiger partial charge is 0.158 e. The largest absolute Gasteiger partial charge is 0.381 e. The summed E-state index contributed by atoms with van der Waals surface area (Å²) in [7, 11) is -1.07. The number of hydrogen-bond donors (Lipinski definition) is 0. The average Bonchev–Trinajstić information content (AvgIpc) is 2.85. The second kappa shape index (κ2) is 5.62. The van der Waals surface area contributed by atoms with E-state index in [2.05, 4.69) is 16.1 Å². The van der Waals surface area contributed by atoms with Gasteiger partial charge in [-0.05, 0) is 26.3 Å². The molecule has 0 bridgehead atoms. The fourth-order valence-electron chi connectivity index (χ4n) is 3.83. The van der Waals surface area contributed by atoms with Crippen LogP contribution < -0.4 is 0 Å². The van der Waals surface area contributed by atoms with Gasteiger partial charge in [0.1, 0.15) is 4.75 Å². The number of likely N-dealkylation sites (tertiary alicyclic amines) is 1. The van der Waals surface area contributed by atoms with Gasteiger partial charge in [0.2, 0.25) is 0 Å². The van der Waals surface area contributed by atoms with Crippen LogP contribution in [-0.4, -0.2) is 59.9 Å². The first-order valence-electron chi connectivity index (χ1n) is 7.90. The monoisotopic (exact) mass is 327 g/mol. The SMILES string of the molecule is CCOC[C@H]1CCS(=O)(=O)C12CN(Cc1cc(C)nn1C)C2. The Morgan fingerprint density at radius 2 is 2.18 bits per heavy atom. The Morgan fingerprint density at radius 1 is 1.45 bits per heavy atom. The first-order valence-corrected chi connectivity index (χ1v) is 9.55. The van der Waals surface area contributed by atoms with Crippen LogP contribution in [-0.2, 0) is 28.2 Å². The van der Waals surface area contributed by atoms with Gasteiger partial charge in [0, 0.05) is 39.2 Å². The Kier molecular flexibility index (Phi) is 4.07. The fourth-order valence-corrected chi connectivity index (χ4v) is 6.29. The van der Waals surface area contributed by atoms with Gasteiger partial charge in [-0.2, -0.15) is 5.10 Å². The quantitative estimate of drug-likeness (QED) is 0.799. The molecule has 1 aromatic rings. The van der Waals surface area contributed by atoms with Crippen LogP contribution in [0.4, 0.5) is 0 Å². The molecule has 124 valence electrons. The highest BCUT2D eigenvalue weighted by Crippen LogP contribution is 2.45. The van der Waals surface area contributed by atoms with Gasteiger partial charge in [-0.3, -0.25) is 9.58 Å². The van der Waals surface area contributed by atoms with E-state index in [-0.39, 0.29) is 5.92 Å². The average molecular weight is 327 g/mol. The summed E-state index contributed by atoms with van der Waals surface area (Å²) < 4.78 is 31.8. The lowest BCUT2D eigenvalue weighted by atomic mass is 9.83. The van der Waals surface area contributed by atoms with Crippen LogP contribution in [0, 0.1) is 12.8 Å². The molecule has 0 N–H and O–H groups in total. The molecule has 0 unspecified atom stereocenters. The van der Waals surface area contributed by atoms with Crippen molar-refractivity contribution in [3.63, 3.8) is 0 Å².